The molecular weight excluding hydrogens is 322 g/mol. The first kappa shape index (κ1) is 18.2. The number of nitriles is 1. The van der Waals surface area contributed by atoms with Crippen LogP contribution in [0.1, 0.15) is 42.1 Å². The number of aryl methyl sites for hydroxylation is 1. The first-order chi connectivity index (χ1) is 12.0. The van der Waals surface area contributed by atoms with E-state index in [0.717, 1.165) is 0 Å². The van der Waals surface area contributed by atoms with Crippen LogP contribution in [0.4, 0.5) is 0 Å². The van der Waals surface area contributed by atoms with Crippen molar-refractivity contribution in [2.24, 2.45) is 5.73 Å². The lowest BCUT2D eigenvalue weighted by Crippen LogP contribution is -2.33. The Labute approximate surface area is 144 Å². The zero-order valence-electron chi connectivity index (χ0n) is 14.1. The van der Waals surface area contributed by atoms with Crippen LogP contribution in [0.25, 0.3) is 10.9 Å². The second-order valence-electron chi connectivity index (χ2n) is 5.45. The Bertz CT molecular complexity index is 924. The van der Waals surface area contributed by atoms with Gasteiger partial charge in [0.1, 0.15) is 5.56 Å². The van der Waals surface area contributed by atoms with Crippen LogP contribution in [0.3, 0.4) is 0 Å². The Hall–Kier alpha value is -3.14. The number of amides is 1. The molecule has 0 fully saturated rings. The molecule has 1 amide bonds. The van der Waals surface area contributed by atoms with Crippen molar-refractivity contribution in [2.75, 3.05) is 6.61 Å². The number of para-hydroxylation sites is 1. The number of fused-ring (bicyclic) bond motifs is 1. The summed E-state index contributed by atoms with van der Waals surface area (Å²) in [4.78, 5) is 37.2. The number of nitrogens with zero attached hydrogens (tertiary/aromatic N) is 2. The predicted molar refractivity (Wildman–Crippen MR) is 92.0 cm³/mol. The number of aromatic nitrogens is 1. The number of benzene rings is 1. The maximum atomic E-state index is 13.0. The molecule has 0 saturated heterocycles. The molecule has 0 aliphatic rings. The van der Waals surface area contributed by atoms with Crippen LogP contribution in [0.5, 0.6) is 0 Å². The number of primary amides is 1. The van der Waals surface area contributed by atoms with E-state index in [2.05, 4.69) is 0 Å². The highest BCUT2D eigenvalue weighted by Crippen LogP contribution is 2.28. The highest BCUT2D eigenvalue weighted by molar-refractivity contribution is 6.02. The molecule has 0 bridgehead atoms. The van der Waals surface area contributed by atoms with Gasteiger partial charge in [-0.1, -0.05) is 25.1 Å². The topological polar surface area (TPSA) is 115 Å². The van der Waals surface area contributed by atoms with Gasteiger partial charge in [0.15, 0.2) is 5.92 Å². The Morgan fingerprint density at radius 2 is 2.00 bits per heavy atom. The third-order valence-electron chi connectivity index (χ3n) is 3.84. The van der Waals surface area contributed by atoms with E-state index < -0.39 is 23.4 Å². The maximum Gasteiger partial charge on any atom is 0.344 e. The summed E-state index contributed by atoms with van der Waals surface area (Å²) in [6.07, 6.45) is 0.670. The van der Waals surface area contributed by atoms with Gasteiger partial charge in [-0.15, -0.1) is 0 Å². The van der Waals surface area contributed by atoms with Crippen LogP contribution in [0.15, 0.2) is 29.1 Å². The van der Waals surface area contributed by atoms with Gasteiger partial charge in [0.05, 0.1) is 18.2 Å². The number of pyridine rings is 1. The predicted octanol–water partition coefficient (Wildman–Crippen LogP) is 1.68. The van der Waals surface area contributed by atoms with E-state index in [1.54, 1.807) is 37.3 Å². The van der Waals surface area contributed by atoms with Crippen LogP contribution in [-0.4, -0.2) is 23.1 Å². The van der Waals surface area contributed by atoms with E-state index >= 15 is 0 Å². The van der Waals surface area contributed by atoms with Crippen LogP contribution in [0.2, 0.25) is 0 Å². The van der Waals surface area contributed by atoms with Crippen molar-refractivity contribution in [3.8, 4) is 6.07 Å². The Balaban J connectivity index is 3.02. The SMILES string of the molecule is CCCn1c(=O)c(C(=O)OCC)c([C@@H](C#N)C(N)=O)c2ccccc21. The highest BCUT2D eigenvalue weighted by Gasteiger charge is 2.31. The average molecular weight is 341 g/mol. The fraction of sp³-hybridized carbons (Fsp3) is 0.333. The number of esters is 1. The normalized spacial score (nSPS) is 11.7. The summed E-state index contributed by atoms with van der Waals surface area (Å²) in [6, 6.07) is 8.61. The number of carbonyl (C=O) groups is 2. The molecule has 0 aliphatic heterocycles. The van der Waals surface area contributed by atoms with Crippen molar-refractivity contribution in [1.29, 1.82) is 5.26 Å². The summed E-state index contributed by atoms with van der Waals surface area (Å²) in [5, 5.41) is 9.86. The molecule has 0 saturated carbocycles. The molecule has 1 aromatic carbocycles. The number of ether oxygens (including phenoxy) is 1. The molecule has 7 heteroatoms. The summed E-state index contributed by atoms with van der Waals surface area (Å²) in [7, 11) is 0. The Kier molecular flexibility index (Phi) is 5.55. The van der Waals surface area contributed by atoms with Gasteiger partial charge in [0, 0.05) is 17.5 Å². The minimum atomic E-state index is -1.42. The van der Waals surface area contributed by atoms with E-state index in [-0.39, 0.29) is 17.7 Å². The lowest BCUT2D eigenvalue weighted by atomic mass is 9.91. The lowest BCUT2D eigenvalue weighted by molar-refractivity contribution is -0.118. The van der Waals surface area contributed by atoms with Gasteiger partial charge in [-0.05, 0) is 19.4 Å². The molecule has 0 aliphatic carbocycles. The Morgan fingerprint density at radius 3 is 2.56 bits per heavy atom. The van der Waals surface area contributed by atoms with E-state index in [0.29, 0.717) is 23.9 Å². The van der Waals surface area contributed by atoms with Gasteiger partial charge in [0.2, 0.25) is 5.91 Å². The molecule has 130 valence electrons. The quantitative estimate of drug-likeness (QED) is 0.803. The lowest BCUT2D eigenvalue weighted by Gasteiger charge is -2.18. The second-order valence-corrected chi connectivity index (χ2v) is 5.45. The van der Waals surface area contributed by atoms with Crippen molar-refractivity contribution >= 4 is 22.8 Å². The molecule has 2 rings (SSSR count). The van der Waals surface area contributed by atoms with Gasteiger partial charge in [0.25, 0.3) is 5.56 Å². The Morgan fingerprint density at radius 1 is 1.32 bits per heavy atom. The number of carbonyl (C=O) groups excluding carboxylic acids is 2. The molecule has 1 aromatic heterocycles. The molecule has 2 N–H and O–H groups in total. The number of hydrogen-bond donors (Lipinski definition) is 1. The summed E-state index contributed by atoms with van der Waals surface area (Å²) in [5.41, 5.74) is 5.00. The zero-order valence-corrected chi connectivity index (χ0v) is 14.1. The van der Waals surface area contributed by atoms with Crippen molar-refractivity contribution < 1.29 is 14.3 Å². The molecular formula is C18H19N3O4. The minimum absolute atomic E-state index is 0.0152. The molecule has 2 aromatic rings. The van der Waals surface area contributed by atoms with E-state index in [1.807, 2.05) is 6.92 Å². The highest BCUT2D eigenvalue weighted by atomic mass is 16.5. The van der Waals surface area contributed by atoms with E-state index in [9.17, 15) is 19.6 Å². The third-order valence-corrected chi connectivity index (χ3v) is 3.84. The summed E-state index contributed by atoms with van der Waals surface area (Å²) >= 11 is 0. The van der Waals surface area contributed by atoms with Gasteiger partial charge in [-0.2, -0.15) is 5.26 Å². The van der Waals surface area contributed by atoms with Crippen LogP contribution in [0, 0.1) is 11.3 Å². The minimum Gasteiger partial charge on any atom is -0.462 e. The molecule has 25 heavy (non-hydrogen) atoms. The molecule has 0 spiro atoms. The largest absolute Gasteiger partial charge is 0.462 e. The van der Waals surface area contributed by atoms with E-state index in [1.165, 1.54) is 4.57 Å². The van der Waals surface area contributed by atoms with Gasteiger partial charge >= 0.3 is 5.97 Å². The van der Waals surface area contributed by atoms with Crippen LogP contribution in [-0.2, 0) is 16.1 Å². The van der Waals surface area contributed by atoms with E-state index in [4.69, 9.17) is 10.5 Å². The molecule has 1 heterocycles. The van der Waals surface area contributed by atoms with Crippen LogP contribution >= 0.6 is 0 Å². The van der Waals surface area contributed by atoms with Crippen LogP contribution < -0.4 is 11.3 Å². The van der Waals surface area contributed by atoms with Gasteiger partial charge in [-0.3, -0.25) is 9.59 Å². The molecule has 0 unspecified atom stereocenters. The fourth-order valence-electron chi connectivity index (χ4n) is 2.85. The monoisotopic (exact) mass is 341 g/mol. The summed E-state index contributed by atoms with van der Waals surface area (Å²) in [5.74, 6) is -3.21. The number of hydrogen-bond acceptors (Lipinski definition) is 5. The summed E-state index contributed by atoms with van der Waals surface area (Å²) < 4.78 is 6.45. The van der Waals surface area contributed by atoms with Gasteiger partial charge in [-0.25, -0.2) is 4.79 Å². The molecule has 7 nitrogen and oxygen atoms in total. The summed E-state index contributed by atoms with van der Waals surface area (Å²) in [6.45, 7) is 3.96. The third kappa shape index (κ3) is 3.24. The average Bonchev–Trinajstić information content (AvgIpc) is 2.58. The second kappa shape index (κ2) is 7.62. The molecule has 1 atom stereocenters. The first-order valence-corrected chi connectivity index (χ1v) is 7.99. The fourth-order valence-corrected chi connectivity index (χ4v) is 2.85. The number of rotatable bonds is 6. The smallest absolute Gasteiger partial charge is 0.344 e. The zero-order chi connectivity index (χ0) is 18.6. The van der Waals surface area contributed by atoms with Crippen molar-refractivity contribution in [1.82, 2.24) is 4.57 Å². The first-order valence-electron chi connectivity index (χ1n) is 7.99. The maximum absolute atomic E-state index is 13.0. The van der Waals surface area contributed by atoms with Crippen molar-refractivity contribution in [3.05, 3.63) is 45.7 Å². The number of nitrogens with two attached hydrogens (primary N) is 1. The van der Waals surface area contributed by atoms with Crippen molar-refractivity contribution in [2.45, 2.75) is 32.7 Å². The standard InChI is InChI=1S/C18H19N3O4/c1-3-9-21-13-8-6-5-7-11(13)14(12(10-19)16(20)22)15(17(21)23)18(24)25-4-2/h5-8,12H,3-4,9H2,1-2H3,(H2,20,22)/t12-/m1/s1. The van der Waals surface area contributed by atoms with Gasteiger partial charge < -0.3 is 15.0 Å². The molecule has 0 radical (unpaired) electrons. The van der Waals surface area contributed by atoms with Crippen molar-refractivity contribution in [3.63, 3.8) is 0 Å².